The van der Waals surface area contributed by atoms with Gasteiger partial charge in [0.25, 0.3) is 0 Å². The van der Waals surface area contributed by atoms with Crippen LogP contribution in [-0.2, 0) is 0 Å². The van der Waals surface area contributed by atoms with Gasteiger partial charge in [-0.15, -0.1) is 0 Å². The number of aliphatic hydroxyl groups is 1. The number of nitrogens with zero attached hydrogens (tertiary/aromatic N) is 1. The molecule has 2 rings (SSSR count). The number of benzene rings is 1. The van der Waals surface area contributed by atoms with E-state index in [1.165, 1.54) is 5.69 Å². The summed E-state index contributed by atoms with van der Waals surface area (Å²) in [5, 5.41) is 12.8. The second-order valence-electron chi connectivity index (χ2n) is 5.22. The molecule has 2 unspecified atom stereocenters. The maximum absolute atomic E-state index is 9.37. The van der Waals surface area contributed by atoms with Gasteiger partial charge in [0.05, 0.1) is 13.2 Å². The second-order valence-corrected chi connectivity index (χ2v) is 5.22. The number of hydrogen-bond acceptors (Lipinski definition) is 4. The predicted molar refractivity (Wildman–Crippen MR) is 77.9 cm³/mol. The van der Waals surface area contributed by atoms with Crippen LogP contribution < -0.4 is 15.0 Å². The molecule has 0 radical (unpaired) electrons. The molecule has 2 N–H and O–H groups in total. The van der Waals surface area contributed by atoms with Crippen molar-refractivity contribution >= 4 is 5.69 Å². The Morgan fingerprint density at radius 3 is 2.68 bits per heavy atom. The molecule has 1 aliphatic rings. The van der Waals surface area contributed by atoms with Crippen LogP contribution in [0.5, 0.6) is 5.75 Å². The SMILES string of the molecule is CCOc1ccc(N2CC(C)CNC(CO)C2)cc1. The van der Waals surface area contributed by atoms with Crippen LogP contribution in [0.2, 0.25) is 0 Å². The van der Waals surface area contributed by atoms with Crippen LogP contribution in [0.1, 0.15) is 13.8 Å². The van der Waals surface area contributed by atoms with Crippen LogP contribution >= 0.6 is 0 Å². The maximum atomic E-state index is 9.37. The van der Waals surface area contributed by atoms with E-state index in [-0.39, 0.29) is 12.6 Å². The average Bonchev–Trinajstić information content (AvgIpc) is 2.62. The molecule has 4 heteroatoms. The fraction of sp³-hybridized carbons (Fsp3) is 0.600. The third kappa shape index (κ3) is 3.85. The maximum Gasteiger partial charge on any atom is 0.119 e. The Balaban J connectivity index is 2.09. The number of ether oxygens (including phenoxy) is 1. The highest BCUT2D eigenvalue weighted by Crippen LogP contribution is 2.21. The number of nitrogens with one attached hydrogen (secondary N) is 1. The Morgan fingerprint density at radius 2 is 2.05 bits per heavy atom. The van der Waals surface area contributed by atoms with Crippen molar-refractivity contribution in [1.29, 1.82) is 0 Å². The molecule has 1 aromatic carbocycles. The Morgan fingerprint density at radius 1 is 1.32 bits per heavy atom. The van der Waals surface area contributed by atoms with Gasteiger partial charge >= 0.3 is 0 Å². The van der Waals surface area contributed by atoms with E-state index in [0.29, 0.717) is 12.5 Å². The molecular weight excluding hydrogens is 240 g/mol. The van der Waals surface area contributed by atoms with Crippen LogP contribution in [0.3, 0.4) is 0 Å². The van der Waals surface area contributed by atoms with Gasteiger partial charge in [-0.25, -0.2) is 0 Å². The zero-order valence-corrected chi connectivity index (χ0v) is 11.8. The van der Waals surface area contributed by atoms with Crippen LogP contribution in [-0.4, -0.2) is 44.0 Å². The minimum absolute atomic E-state index is 0.150. The summed E-state index contributed by atoms with van der Waals surface area (Å²) in [7, 11) is 0. The lowest BCUT2D eigenvalue weighted by atomic mass is 10.1. The fourth-order valence-corrected chi connectivity index (χ4v) is 2.47. The van der Waals surface area contributed by atoms with Gasteiger partial charge in [-0.05, 0) is 43.7 Å². The monoisotopic (exact) mass is 264 g/mol. The summed E-state index contributed by atoms with van der Waals surface area (Å²) in [6.07, 6.45) is 0. The van der Waals surface area contributed by atoms with Gasteiger partial charge in [-0.1, -0.05) is 6.92 Å². The highest BCUT2D eigenvalue weighted by atomic mass is 16.5. The van der Waals surface area contributed by atoms with E-state index in [4.69, 9.17) is 4.74 Å². The van der Waals surface area contributed by atoms with Crippen LogP contribution in [0.4, 0.5) is 5.69 Å². The van der Waals surface area contributed by atoms with Crippen molar-refractivity contribution in [2.24, 2.45) is 5.92 Å². The Hall–Kier alpha value is -1.26. The third-order valence-corrected chi connectivity index (χ3v) is 3.46. The first-order valence-electron chi connectivity index (χ1n) is 7.05. The quantitative estimate of drug-likeness (QED) is 0.865. The van der Waals surface area contributed by atoms with E-state index < -0.39 is 0 Å². The molecule has 0 aromatic heterocycles. The molecule has 106 valence electrons. The standard InChI is InChI=1S/C15H24N2O2/c1-3-19-15-6-4-14(5-7-15)17-9-12(2)8-16-13(10-17)11-18/h4-7,12-13,16,18H,3,8-11H2,1-2H3. The van der Waals surface area contributed by atoms with Gasteiger partial charge in [-0.2, -0.15) is 0 Å². The van der Waals surface area contributed by atoms with Crippen LogP contribution in [0.25, 0.3) is 0 Å². The summed E-state index contributed by atoms with van der Waals surface area (Å²) in [5.74, 6) is 1.48. The smallest absolute Gasteiger partial charge is 0.119 e. The Kier molecular flexibility index (Phi) is 5.05. The molecule has 19 heavy (non-hydrogen) atoms. The van der Waals surface area contributed by atoms with Crippen molar-refractivity contribution in [3.63, 3.8) is 0 Å². The van der Waals surface area contributed by atoms with Crippen LogP contribution in [0, 0.1) is 5.92 Å². The summed E-state index contributed by atoms with van der Waals surface area (Å²) >= 11 is 0. The lowest BCUT2D eigenvalue weighted by Crippen LogP contribution is -2.40. The van der Waals surface area contributed by atoms with Crippen molar-refractivity contribution in [3.8, 4) is 5.75 Å². The molecule has 0 bridgehead atoms. The third-order valence-electron chi connectivity index (χ3n) is 3.46. The van der Waals surface area contributed by atoms with Gasteiger partial charge in [0.15, 0.2) is 0 Å². The second kappa shape index (κ2) is 6.78. The van der Waals surface area contributed by atoms with Crippen molar-refractivity contribution in [2.45, 2.75) is 19.9 Å². The largest absolute Gasteiger partial charge is 0.494 e. The minimum Gasteiger partial charge on any atom is -0.494 e. The summed E-state index contributed by atoms with van der Waals surface area (Å²) in [4.78, 5) is 2.33. The molecular formula is C15H24N2O2. The summed E-state index contributed by atoms with van der Waals surface area (Å²) < 4.78 is 5.47. The first-order chi connectivity index (χ1) is 9.22. The molecule has 1 aliphatic heterocycles. The number of aliphatic hydroxyl groups excluding tert-OH is 1. The van der Waals surface area contributed by atoms with E-state index in [1.807, 2.05) is 19.1 Å². The minimum atomic E-state index is 0.150. The molecule has 0 spiro atoms. The lowest BCUT2D eigenvalue weighted by Gasteiger charge is -2.26. The van der Waals surface area contributed by atoms with Crippen molar-refractivity contribution < 1.29 is 9.84 Å². The lowest BCUT2D eigenvalue weighted by molar-refractivity contribution is 0.247. The Bertz CT molecular complexity index is 380. The highest BCUT2D eigenvalue weighted by Gasteiger charge is 2.21. The van der Waals surface area contributed by atoms with Gasteiger partial charge in [0, 0.05) is 24.8 Å². The number of rotatable bonds is 4. The molecule has 1 aromatic rings. The van der Waals surface area contributed by atoms with Gasteiger partial charge < -0.3 is 20.1 Å². The Labute approximate surface area is 115 Å². The van der Waals surface area contributed by atoms with E-state index in [0.717, 1.165) is 25.4 Å². The molecule has 1 saturated heterocycles. The topological polar surface area (TPSA) is 44.7 Å². The first kappa shape index (κ1) is 14.2. The zero-order chi connectivity index (χ0) is 13.7. The normalized spacial score (nSPS) is 24.1. The molecule has 0 saturated carbocycles. The fourth-order valence-electron chi connectivity index (χ4n) is 2.47. The molecule has 2 atom stereocenters. The zero-order valence-electron chi connectivity index (χ0n) is 11.8. The molecule has 0 aliphatic carbocycles. The van der Waals surface area contributed by atoms with Crippen molar-refractivity contribution in [3.05, 3.63) is 24.3 Å². The van der Waals surface area contributed by atoms with E-state index in [9.17, 15) is 5.11 Å². The highest BCUT2D eigenvalue weighted by molar-refractivity contribution is 5.49. The molecule has 1 heterocycles. The van der Waals surface area contributed by atoms with E-state index >= 15 is 0 Å². The van der Waals surface area contributed by atoms with Crippen molar-refractivity contribution in [1.82, 2.24) is 5.32 Å². The van der Waals surface area contributed by atoms with Gasteiger partial charge in [0.2, 0.25) is 0 Å². The van der Waals surface area contributed by atoms with Gasteiger partial charge in [-0.3, -0.25) is 0 Å². The van der Waals surface area contributed by atoms with Crippen molar-refractivity contribution in [2.75, 3.05) is 37.7 Å². The van der Waals surface area contributed by atoms with E-state index in [1.54, 1.807) is 0 Å². The summed E-state index contributed by atoms with van der Waals surface area (Å²) in [6, 6.07) is 8.36. The predicted octanol–water partition coefficient (Wildman–Crippen LogP) is 1.49. The molecule has 1 fully saturated rings. The van der Waals surface area contributed by atoms with Gasteiger partial charge in [0.1, 0.15) is 5.75 Å². The number of hydrogen-bond donors (Lipinski definition) is 2. The molecule has 4 nitrogen and oxygen atoms in total. The number of anilines is 1. The summed E-state index contributed by atoms with van der Waals surface area (Å²) in [5.41, 5.74) is 1.19. The molecule has 0 amide bonds. The first-order valence-corrected chi connectivity index (χ1v) is 7.05. The van der Waals surface area contributed by atoms with Crippen LogP contribution in [0.15, 0.2) is 24.3 Å². The van der Waals surface area contributed by atoms with E-state index in [2.05, 4.69) is 29.3 Å². The summed E-state index contributed by atoms with van der Waals surface area (Å²) in [6.45, 7) is 7.90. The average molecular weight is 264 g/mol.